The summed E-state index contributed by atoms with van der Waals surface area (Å²) < 4.78 is 0. The van der Waals surface area contributed by atoms with Gasteiger partial charge in [-0.2, -0.15) is 0 Å². The fourth-order valence-electron chi connectivity index (χ4n) is 9.50. The van der Waals surface area contributed by atoms with Gasteiger partial charge >= 0.3 is 0 Å². The Kier molecular flexibility index (Phi) is 6.53. The van der Waals surface area contributed by atoms with Crippen LogP contribution in [0.5, 0.6) is 0 Å². The molecule has 4 aliphatic rings. The Bertz CT molecular complexity index is 634. The summed E-state index contributed by atoms with van der Waals surface area (Å²) in [5, 5.41) is 10.3. The van der Waals surface area contributed by atoms with Crippen molar-refractivity contribution in [2.75, 3.05) is 0 Å². The molecular formula is C29H50O. The molecule has 172 valence electrons. The predicted octanol–water partition coefficient (Wildman–Crippen LogP) is 8.02. The fourth-order valence-corrected chi connectivity index (χ4v) is 9.50. The lowest BCUT2D eigenvalue weighted by Gasteiger charge is -2.61. The first kappa shape index (κ1) is 22.9. The summed E-state index contributed by atoms with van der Waals surface area (Å²) in [6.07, 6.45) is 17.3. The topological polar surface area (TPSA) is 20.2 Å². The summed E-state index contributed by atoms with van der Waals surface area (Å²) >= 11 is 0. The molecule has 1 nitrogen and oxygen atoms in total. The van der Waals surface area contributed by atoms with Crippen LogP contribution in [0.3, 0.4) is 0 Å². The average molecular weight is 415 g/mol. The first-order valence-electron chi connectivity index (χ1n) is 13.6. The van der Waals surface area contributed by atoms with E-state index in [-0.39, 0.29) is 6.10 Å². The largest absolute Gasteiger partial charge is 0.393 e. The molecular weight excluding hydrogens is 364 g/mol. The number of rotatable bonds is 5. The highest BCUT2D eigenvalue weighted by Gasteiger charge is 2.60. The van der Waals surface area contributed by atoms with Crippen LogP contribution in [0.25, 0.3) is 0 Å². The molecule has 1 heteroatoms. The van der Waals surface area contributed by atoms with E-state index in [1.165, 1.54) is 57.8 Å². The van der Waals surface area contributed by atoms with E-state index < -0.39 is 0 Å². The Balaban J connectivity index is 1.49. The van der Waals surface area contributed by atoms with Gasteiger partial charge in [0.2, 0.25) is 0 Å². The molecule has 0 amide bonds. The molecule has 0 bridgehead atoms. The minimum absolute atomic E-state index is 0.0166. The van der Waals surface area contributed by atoms with Crippen molar-refractivity contribution in [3.8, 4) is 0 Å². The van der Waals surface area contributed by atoms with Crippen molar-refractivity contribution in [3.63, 3.8) is 0 Å². The minimum atomic E-state index is -0.0166. The molecule has 9 atom stereocenters. The molecule has 0 radical (unpaired) electrons. The number of aliphatic hydroxyl groups is 1. The van der Waals surface area contributed by atoms with Crippen LogP contribution in [0.4, 0.5) is 0 Å². The van der Waals surface area contributed by atoms with Crippen molar-refractivity contribution in [1.82, 2.24) is 0 Å². The Morgan fingerprint density at radius 2 is 1.63 bits per heavy atom. The van der Waals surface area contributed by atoms with Crippen LogP contribution in [-0.4, -0.2) is 11.2 Å². The first-order chi connectivity index (χ1) is 14.2. The van der Waals surface area contributed by atoms with E-state index in [4.69, 9.17) is 0 Å². The van der Waals surface area contributed by atoms with Crippen molar-refractivity contribution in [3.05, 3.63) is 11.6 Å². The molecule has 1 N–H and O–H groups in total. The fraction of sp³-hybridized carbons (Fsp3) is 0.931. The minimum Gasteiger partial charge on any atom is -0.393 e. The van der Waals surface area contributed by atoms with Crippen LogP contribution in [0, 0.1) is 52.3 Å². The van der Waals surface area contributed by atoms with Crippen LogP contribution in [0.1, 0.15) is 112 Å². The van der Waals surface area contributed by atoms with E-state index in [0.29, 0.717) is 16.7 Å². The maximum absolute atomic E-state index is 10.3. The zero-order valence-corrected chi connectivity index (χ0v) is 20.9. The van der Waals surface area contributed by atoms with Crippen molar-refractivity contribution >= 4 is 0 Å². The van der Waals surface area contributed by atoms with Crippen LogP contribution in [-0.2, 0) is 0 Å². The molecule has 0 aliphatic heterocycles. The molecule has 0 aromatic heterocycles. The van der Waals surface area contributed by atoms with Gasteiger partial charge in [-0.1, -0.05) is 53.2 Å². The van der Waals surface area contributed by atoms with Crippen molar-refractivity contribution in [1.29, 1.82) is 0 Å². The van der Waals surface area contributed by atoms with E-state index >= 15 is 0 Å². The second-order valence-electron chi connectivity index (χ2n) is 12.8. The van der Waals surface area contributed by atoms with Crippen molar-refractivity contribution in [2.45, 2.75) is 118 Å². The number of fused-ring (bicyclic) bond motifs is 5. The molecule has 0 heterocycles. The highest BCUT2D eigenvalue weighted by atomic mass is 16.3. The van der Waals surface area contributed by atoms with Gasteiger partial charge in [-0.15, -0.1) is 0 Å². The molecule has 4 rings (SSSR count). The third-order valence-electron chi connectivity index (χ3n) is 11.3. The molecule has 4 fully saturated rings. The van der Waals surface area contributed by atoms with E-state index in [1.54, 1.807) is 5.57 Å². The normalized spacial score (nSPS) is 47.5. The Labute approximate surface area is 187 Å². The van der Waals surface area contributed by atoms with Gasteiger partial charge in [0.1, 0.15) is 0 Å². The monoisotopic (exact) mass is 414 g/mol. The number of hydrogen-bond donors (Lipinski definition) is 1. The molecule has 0 spiro atoms. The summed E-state index contributed by atoms with van der Waals surface area (Å²) in [5.41, 5.74) is 2.76. The number of aliphatic hydroxyl groups excluding tert-OH is 1. The Morgan fingerprint density at radius 3 is 2.33 bits per heavy atom. The van der Waals surface area contributed by atoms with Gasteiger partial charge in [0.05, 0.1) is 6.10 Å². The van der Waals surface area contributed by atoms with Crippen LogP contribution >= 0.6 is 0 Å². The lowest BCUT2D eigenvalue weighted by Crippen LogP contribution is -2.54. The summed E-state index contributed by atoms with van der Waals surface area (Å²) in [7, 11) is 0. The van der Waals surface area contributed by atoms with E-state index in [1.807, 2.05) is 0 Å². The molecule has 0 aromatic rings. The second-order valence-corrected chi connectivity index (χ2v) is 12.8. The van der Waals surface area contributed by atoms with Gasteiger partial charge in [0, 0.05) is 0 Å². The highest BCUT2D eigenvalue weighted by molar-refractivity contribution is 5.11. The Morgan fingerprint density at radius 1 is 0.933 bits per heavy atom. The van der Waals surface area contributed by atoms with Crippen molar-refractivity contribution in [2.24, 2.45) is 52.3 Å². The lowest BCUT2D eigenvalue weighted by molar-refractivity contribution is -0.129. The first-order valence-corrected chi connectivity index (χ1v) is 13.6. The van der Waals surface area contributed by atoms with Crippen molar-refractivity contribution < 1.29 is 5.11 Å². The SMILES string of the molecule is CC/C(=C\C[C@@H](C)[C@H]1CC[C@H]2[C@@H]3CC[C@H]4C[C@@H](O)CC[C@]4(C)[C@H]3CC[C@]12C)C(C)C. The number of hydrogen-bond acceptors (Lipinski definition) is 1. The van der Waals surface area contributed by atoms with Gasteiger partial charge < -0.3 is 5.11 Å². The van der Waals surface area contributed by atoms with Gasteiger partial charge in [-0.05, 0) is 123 Å². The van der Waals surface area contributed by atoms with E-state index in [9.17, 15) is 5.11 Å². The third-order valence-corrected chi connectivity index (χ3v) is 11.3. The lowest BCUT2D eigenvalue weighted by atomic mass is 9.44. The number of allylic oxidation sites excluding steroid dienone is 2. The van der Waals surface area contributed by atoms with Crippen LogP contribution in [0.15, 0.2) is 11.6 Å². The van der Waals surface area contributed by atoms with Gasteiger partial charge in [-0.25, -0.2) is 0 Å². The summed E-state index contributed by atoms with van der Waals surface area (Å²) in [6, 6.07) is 0. The average Bonchev–Trinajstić information content (AvgIpc) is 3.06. The summed E-state index contributed by atoms with van der Waals surface area (Å²) in [5.74, 6) is 6.11. The molecule has 0 unspecified atom stereocenters. The quantitative estimate of drug-likeness (QED) is 0.451. The Hall–Kier alpha value is -0.300. The summed E-state index contributed by atoms with van der Waals surface area (Å²) in [6.45, 7) is 14.9. The maximum atomic E-state index is 10.3. The van der Waals surface area contributed by atoms with Gasteiger partial charge in [0.25, 0.3) is 0 Å². The zero-order chi connectivity index (χ0) is 21.7. The standard InChI is InChI=1S/C29H50O/c1-7-21(19(2)3)9-8-20(4)25-12-13-26-24-11-10-22-18-23(30)14-16-28(22,5)27(24)15-17-29(25,26)6/h9,19-20,22-27,30H,7-8,10-18H2,1-6H3/b21-9+/t20-,22+,23+,24+,25-,26+,27+,28+,29-/m1/s1. The zero-order valence-electron chi connectivity index (χ0n) is 20.9. The van der Waals surface area contributed by atoms with Crippen LogP contribution < -0.4 is 0 Å². The molecule has 30 heavy (non-hydrogen) atoms. The highest BCUT2D eigenvalue weighted by Crippen LogP contribution is 2.68. The molecule has 4 aliphatic carbocycles. The third kappa shape index (κ3) is 3.74. The summed E-state index contributed by atoms with van der Waals surface area (Å²) in [4.78, 5) is 0. The predicted molar refractivity (Wildman–Crippen MR) is 128 cm³/mol. The van der Waals surface area contributed by atoms with E-state index in [0.717, 1.165) is 48.3 Å². The molecule has 4 saturated carbocycles. The maximum Gasteiger partial charge on any atom is 0.0543 e. The van der Waals surface area contributed by atoms with Crippen LogP contribution in [0.2, 0.25) is 0 Å². The second kappa shape index (κ2) is 8.57. The molecule has 0 aromatic carbocycles. The smallest absolute Gasteiger partial charge is 0.0543 e. The van der Waals surface area contributed by atoms with Gasteiger partial charge in [-0.3, -0.25) is 0 Å². The van der Waals surface area contributed by atoms with E-state index in [2.05, 4.69) is 47.6 Å². The molecule has 0 saturated heterocycles. The van der Waals surface area contributed by atoms with Gasteiger partial charge in [0.15, 0.2) is 0 Å².